The quantitative estimate of drug-likeness (QED) is 0.709. The van der Waals surface area contributed by atoms with E-state index in [9.17, 15) is 9.59 Å². The van der Waals surface area contributed by atoms with Gasteiger partial charge in [-0.15, -0.1) is 0 Å². The lowest BCUT2D eigenvalue weighted by Gasteiger charge is -2.16. The van der Waals surface area contributed by atoms with Crippen LogP contribution in [0.5, 0.6) is 5.75 Å². The first-order valence-electron chi connectivity index (χ1n) is 7.20. The molecule has 0 spiro atoms. The Hall–Kier alpha value is -2.04. The van der Waals surface area contributed by atoms with Crippen molar-refractivity contribution in [2.24, 2.45) is 0 Å². The molecule has 0 saturated heterocycles. The number of carboxylic acid groups (broad SMARTS) is 1. The molecule has 116 valence electrons. The molecule has 0 fully saturated rings. The van der Waals surface area contributed by atoms with Crippen LogP contribution in [0.2, 0.25) is 0 Å². The highest BCUT2D eigenvalue weighted by atomic mass is 16.6. The zero-order valence-electron chi connectivity index (χ0n) is 12.5. The topological polar surface area (TPSA) is 72.8 Å². The number of benzene rings is 1. The van der Waals surface area contributed by atoms with Gasteiger partial charge >= 0.3 is 11.9 Å². The van der Waals surface area contributed by atoms with Gasteiger partial charge in [-0.25, -0.2) is 4.79 Å². The number of hydrogen-bond donors (Lipinski definition) is 1. The van der Waals surface area contributed by atoms with Crippen molar-refractivity contribution in [1.29, 1.82) is 0 Å². The van der Waals surface area contributed by atoms with Crippen molar-refractivity contribution in [3.63, 3.8) is 0 Å². The normalized spacial score (nSPS) is 11.7. The highest BCUT2D eigenvalue weighted by Gasteiger charge is 2.19. The van der Waals surface area contributed by atoms with Crippen LogP contribution in [-0.4, -0.2) is 29.8 Å². The summed E-state index contributed by atoms with van der Waals surface area (Å²) < 4.78 is 10.6. The molecule has 1 N–H and O–H groups in total. The van der Waals surface area contributed by atoms with Crippen LogP contribution in [-0.2, 0) is 20.7 Å². The summed E-state index contributed by atoms with van der Waals surface area (Å²) in [4.78, 5) is 22.1. The first-order chi connectivity index (χ1) is 10.1. The van der Waals surface area contributed by atoms with Crippen LogP contribution in [0.25, 0.3) is 0 Å². The van der Waals surface area contributed by atoms with E-state index in [2.05, 4.69) is 0 Å². The number of ether oxygens (including phenoxy) is 2. The average molecular weight is 294 g/mol. The van der Waals surface area contributed by atoms with E-state index < -0.39 is 12.1 Å². The average Bonchev–Trinajstić information content (AvgIpc) is 2.46. The van der Waals surface area contributed by atoms with Gasteiger partial charge in [0.05, 0.1) is 6.61 Å². The van der Waals surface area contributed by atoms with Crippen molar-refractivity contribution in [3.05, 3.63) is 29.8 Å². The van der Waals surface area contributed by atoms with Crippen molar-refractivity contribution >= 4 is 11.9 Å². The van der Waals surface area contributed by atoms with Gasteiger partial charge in [0.25, 0.3) is 0 Å². The third-order valence-corrected chi connectivity index (χ3v) is 2.98. The monoisotopic (exact) mass is 294 g/mol. The van der Waals surface area contributed by atoms with E-state index >= 15 is 0 Å². The fourth-order valence-electron chi connectivity index (χ4n) is 1.88. The van der Waals surface area contributed by atoms with Gasteiger partial charge in [0, 0.05) is 6.42 Å². The minimum atomic E-state index is -0.782. The first kappa shape index (κ1) is 17.0. The number of aliphatic carboxylic acids is 1. The fourth-order valence-corrected chi connectivity index (χ4v) is 1.88. The van der Waals surface area contributed by atoms with E-state index in [1.54, 1.807) is 19.1 Å². The highest BCUT2D eigenvalue weighted by Crippen LogP contribution is 2.17. The molecule has 1 unspecified atom stereocenters. The number of carboxylic acids is 1. The van der Waals surface area contributed by atoms with Crippen LogP contribution in [0.4, 0.5) is 0 Å². The molecule has 5 heteroatoms. The Morgan fingerprint density at radius 1 is 1.19 bits per heavy atom. The van der Waals surface area contributed by atoms with Crippen LogP contribution in [0.1, 0.15) is 38.7 Å². The lowest BCUT2D eigenvalue weighted by molar-refractivity contribution is -0.151. The molecule has 1 atom stereocenters. The van der Waals surface area contributed by atoms with Gasteiger partial charge in [0.1, 0.15) is 5.75 Å². The second-order valence-electron chi connectivity index (χ2n) is 4.66. The molecule has 0 aromatic heterocycles. The number of carbonyl (C=O) groups excluding carboxylic acids is 1. The number of esters is 1. The molecule has 0 saturated carbocycles. The summed E-state index contributed by atoms with van der Waals surface area (Å²) >= 11 is 0. The largest absolute Gasteiger partial charge is 0.481 e. The molecular formula is C16H22O5. The Morgan fingerprint density at radius 3 is 2.38 bits per heavy atom. The summed E-state index contributed by atoms with van der Waals surface area (Å²) in [6.45, 7) is 3.96. The highest BCUT2D eigenvalue weighted by molar-refractivity contribution is 5.75. The summed E-state index contributed by atoms with van der Waals surface area (Å²) in [6.07, 6.45) is 1.43. The molecule has 1 aromatic rings. The molecule has 0 aliphatic rings. The van der Waals surface area contributed by atoms with Crippen molar-refractivity contribution < 1.29 is 24.2 Å². The Kier molecular flexibility index (Phi) is 7.29. The number of hydrogen-bond acceptors (Lipinski definition) is 4. The molecule has 5 nitrogen and oxygen atoms in total. The van der Waals surface area contributed by atoms with E-state index in [1.165, 1.54) is 0 Å². The van der Waals surface area contributed by atoms with Crippen molar-refractivity contribution in [1.82, 2.24) is 0 Å². The number of rotatable bonds is 9. The molecule has 0 bridgehead atoms. The standard InChI is InChI=1S/C16H22O5/c1-3-14(16(19)20-4-2)21-13-10-8-12(9-11-13)6-5-7-15(17)18/h8-11,14H,3-7H2,1-2H3,(H,17,18). The predicted molar refractivity (Wildman–Crippen MR) is 78.4 cm³/mol. The van der Waals surface area contributed by atoms with Crippen LogP contribution >= 0.6 is 0 Å². The van der Waals surface area contributed by atoms with Crippen LogP contribution < -0.4 is 4.74 Å². The minimum absolute atomic E-state index is 0.166. The Balaban J connectivity index is 2.52. The molecule has 0 aliphatic heterocycles. The summed E-state index contributed by atoms with van der Waals surface area (Å²) in [5.41, 5.74) is 1.05. The molecule has 1 aromatic carbocycles. The smallest absolute Gasteiger partial charge is 0.347 e. The molecule has 1 rings (SSSR count). The molecule has 0 heterocycles. The van der Waals surface area contributed by atoms with E-state index in [0.29, 0.717) is 31.6 Å². The molecule has 0 aliphatic carbocycles. The Morgan fingerprint density at radius 2 is 1.86 bits per heavy atom. The summed E-state index contributed by atoms with van der Waals surface area (Å²) in [5.74, 6) is -0.530. The van der Waals surface area contributed by atoms with Crippen molar-refractivity contribution in [2.75, 3.05) is 6.61 Å². The molecular weight excluding hydrogens is 272 g/mol. The van der Waals surface area contributed by atoms with Crippen LogP contribution in [0.15, 0.2) is 24.3 Å². The van der Waals surface area contributed by atoms with E-state index in [0.717, 1.165) is 5.56 Å². The van der Waals surface area contributed by atoms with Gasteiger partial charge in [-0.2, -0.15) is 0 Å². The van der Waals surface area contributed by atoms with Gasteiger partial charge in [-0.05, 0) is 43.9 Å². The second kappa shape index (κ2) is 9.00. The van der Waals surface area contributed by atoms with Gasteiger partial charge < -0.3 is 14.6 Å². The van der Waals surface area contributed by atoms with E-state index in [-0.39, 0.29) is 12.4 Å². The van der Waals surface area contributed by atoms with Gasteiger partial charge in [0.15, 0.2) is 6.10 Å². The van der Waals surface area contributed by atoms with Crippen LogP contribution in [0, 0.1) is 0 Å². The molecule has 0 amide bonds. The molecule has 0 radical (unpaired) electrons. The minimum Gasteiger partial charge on any atom is -0.481 e. The maximum Gasteiger partial charge on any atom is 0.347 e. The summed E-state index contributed by atoms with van der Waals surface area (Å²) in [5, 5.41) is 8.59. The first-order valence-corrected chi connectivity index (χ1v) is 7.20. The van der Waals surface area contributed by atoms with Gasteiger partial charge in [-0.3, -0.25) is 4.79 Å². The van der Waals surface area contributed by atoms with Crippen LogP contribution in [0.3, 0.4) is 0 Å². The van der Waals surface area contributed by atoms with E-state index in [1.807, 2.05) is 19.1 Å². The summed E-state index contributed by atoms with van der Waals surface area (Å²) in [6, 6.07) is 7.35. The third-order valence-electron chi connectivity index (χ3n) is 2.98. The van der Waals surface area contributed by atoms with Gasteiger partial charge in [-0.1, -0.05) is 19.1 Å². The second-order valence-corrected chi connectivity index (χ2v) is 4.66. The fraction of sp³-hybridized carbons (Fsp3) is 0.500. The lowest BCUT2D eigenvalue weighted by Crippen LogP contribution is -2.28. The summed E-state index contributed by atoms with van der Waals surface area (Å²) in [7, 11) is 0. The van der Waals surface area contributed by atoms with E-state index in [4.69, 9.17) is 14.6 Å². The predicted octanol–water partition coefficient (Wildman–Crippen LogP) is 2.81. The molecule has 21 heavy (non-hydrogen) atoms. The number of carbonyl (C=O) groups is 2. The lowest BCUT2D eigenvalue weighted by atomic mass is 10.1. The maximum absolute atomic E-state index is 11.6. The maximum atomic E-state index is 11.6. The van der Waals surface area contributed by atoms with Crippen molar-refractivity contribution in [2.45, 2.75) is 45.6 Å². The SMILES string of the molecule is CCOC(=O)C(CC)Oc1ccc(CCCC(=O)O)cc1. The Labute approximate surface area is 124 Å². The Bertz CT molecular complexity index is 452. The van der Waals surface area contributed by atoms with Gasteiger partial charge in [0.2, 0.25) is 0 Å². The zero-order valence-corrected chi connectivity index (χ0v) is 12.5. The third kappa shape index (κ3) is 6.29. The zero-order chi connectivity index (χ0) is 15.7. The van der Waals surface area contributed by atoms with Crippen molar-refractivity contribution in [3.8, 4) is 5.75 Å². The number of aryl methyl sites for hydroxylation is 1.